The van der Waals surface area contributed by atoms with E-state index in [1.165, 1.54) is 16.3 Å². The van der Waals surface area contributed by atoms with Gasteiger partial charge in [-0.05, 0) is 18.4 Å². The van der Waals surface area contributed by atoms with Crippen molar-refractivity contribution in [1.29, 1.82) is 0 Å². The summed E-state index contributed by atoms with van der Waals surface area (Å²) in [5, 5.41) is 0. The SMILES string of the molecule is CSc1cc[n+](-c2ccc(N(C)C)cc2)cc1. The van der Waals surface area contributed by atoms with Crippen LogP contribution in [0.1, 0.15) is 0 Å². The van der Waals surface area contributed by atoms with Gasteiger partial charge in [-0.15, -0.1) is 11.8 Å². The van der Waals surface area contributed by atoms with E-state index in [2.05, 4.69) is 78.6 Å². The summed E-state index contributed by atoms with van der Waals surface area (Å²) in [4.78, 5) is 3.39. The Balaban J connectivity index is 2.26. The zero-order valence-electron chi connectivity index (χ0n) is 10.4. The van der Waals surface area contributed by atoms with E-state index in [0.717, 1.165) is 0 Å². The fourth-order valence-electron chi connectivity index (χ4n) is 1.64. The number of benzene rings is 1. The number of pyridine rings is 1. The minimum atomic E-state index is 1.18. The molecule has 88 valence electrons. The van der Waals surface area contributed by atoms with Crippen molar-refractivity contribution < 1.29 is 4.57 Å². The predicted molar refractivity (Wildman–Crippen MR) is 74.1 cm³/mol. The van der Waals surface area contributed by atoms with Crippen LogP contribution >= 0.6 is 11.8 Å². The van der Waals surface area contributed by atoms with Gasteiger partial charge in [-0.1, -0.05) is 0 Å². The Morgan fingerprint density at radius 1 is 0.941 bits per heavy atom. The van der Waals surface area contributed by atoms with Crippen molar-refractivity contribution >= 4 is 17.4 Å². The molecule has 0 fully saturated rings. The van der Waals surface area contributed by atoms with Crippen LogP contribution in [0.5, 0.6) is 0 Å². The third-order valence-corrected chi connectivity index (χ3v) is 3.44. The van der Waals surface area contributed by atoms with Crippen molar-refractivity contribution in [3.8, 4) is 5.69 Å². The van der Waals surface area contributed by atoms with Crippen molar-refractivity contribution in [2.24, 2.45) is 0 Å². The number of anilines is 1. The molecule has 2 nitrogen and oxygen atoms in total. The highest BCUT2D eigenvalue weighted by molar-refractivity contribution is 7.98. The Kier molecular flexibility index (Phi) is 3.69. The normalized spacial score (nSPS) is 10.3. The molecule has 0 saturated carbocycles. The highest BCUT2D eigenvalue weighted by Gasteiger charge is 2.05. The molecule has 0 aliphatic carbocycles. The minimum Gasteiger partial charge on any atom is -0.378 e. The number of rotatable bonds is 3. The average molecular weight is 245 g/mol. The fourth-order valence-corrected chi connectivity index (χ4v) is 2.04. The van der Waals surface area contributed by atoms with Gasteiger partial charge in [0.25, 0.3) is 0 Å². The molecule has 3 heteroatoms. The van der Waals surface area contributed by atoms with Gasteiger partial charge in [0.1, 0.15) is 0 Å². The second-order valence-corrected chi connectivity index (χ2v) is 4.94. The van der Waals surface area contributed by atoms with E-state index in [4.69, 9.17) is 0 Å². The predicted octanol–water partition coefficient (Wildman–Crippen LogP) is 2.75. The van der Waals surface area contributed by atoms with E-state index < -0.39 is 0 Å². The molecule has 0 aliphatic rings. The molecule has 1 aromatic heterocycles. The summed E-state index contributed by atoms with van der Waals surface area (Å²) in [6.45, 7) is 0. The van der Waals surface area contributed by atoms with Crippen molar-refractivity contribution in [2.75, 3.05) is 25.3 Å². The first-order valence-corrected chi connectivity index (χ1v) is 6.76. The van der Waals surface area contributed by atoms with Gasteiger partial charge in [-0.3, -0.25) is 0 Å². The first-order valence-electron chi connectivity index (χ1n) is 5.54. The van der Waals surface area contributed by atoms with Crippen LogP contribution in [-0.4, -0.2) is 20.4 Å². The van der Waals surface area contributed by atoms with Crippen LogP contribution in [0.3, 0.4) is 0 Å². The summed E-state index contributed by atoms with van der Waals surface area (Å²) in [7, 11) is 4.10. The Morgan fingerprint density at radius 2 is 1.53 bits per heavy atom. The van der Waals surface area contributed by atoms with Crippen molar-refractivity contribution in [3.05, 3.63) is 48.8 Å². The maximum absolute atomic E-state index is 2.13. The molecule has 0 aliphatic heterocycles. The molecule has 0 saturated heterocycles. The highest BCUT2D eigenvalue weighted by Crippen LogP contribution is 2.14. The van der Waals surface area contributed by atoms with Gasteiger partial charge in [-0.25, -0.2) is 0 Å². The molecule has 1 heterocycles. The van der Waals surface area contributed by atoms with E-state index in [-0.39, 0.29) is 0 Å². The van der Waals surface area contributed by atoms with Crippen LogP contribution in [0.15, 0.2) is 53.7 Å². The van der Waals surface area contributed by atoms with Gasteiger partial charge in [0.05, 0.1) is 0 Å². The van der Waals surface area contributed by atoms with Crippen LogP contribution in [0.4, 0.5) is 5.69 Å². The summed E-state index contributed by atoms with van der Waals surface area (Å²) >= 11 is 1.76. The third-order valence-electron chi connectivity index (χ3n) is 2.70. The lowest BCUT2D eigenvalue weighted by Gasteiger charge is -2.11. The van der Waals surface area contributed by atoms with Gasteiger partial charge in [0.15, 0.2) is 12.4 Å². The molecule has 1 aromatic carbocycles. The summed E-state index contributed by atoms with van der Waals surface area (Å²) in [5.74, 6) is 0. The van der Waals surface area contributed by atoms with Gasteiger partial charge < -0.3 is 4.90 Å². The molecule has 0 N–H and O–H groups in total. The monoisotopic (exact) mass is 245 g/mol. The Labute approximate surface area is 107 Å². The number of aromatic nitrogens is 1. The second-order valence-electron chi connectivity index (χ2n) is 4.06. The largest absolute Gasteiger partial charge is 0.378 e. The molecule has 2 aromatic rings. The Morgan fingerprint density at radius 3 is 2.00 bits per heavy atom. The second kappa shape index (κ2) is 5.23. The topological polar surface area (TPSA) is 7.12 Å². The number of thioether (sulfide) groups is 1. The van der Waals surface area contributed by atoms with Crippen LogP contribution < -0.4 is 9.47 Å². The molecular formula is C14H17N2S+. The van der Waals surface area contributed by atoms with Crippen molar-refractivity contribution in [3.63, 3.8) is 0 Å². The molecule has 0 unspecified atom stereocenters. The lowest BCUT2D eigenvalue weighted by molar-refractivity contribution is -0.596. The summed E-state index contributed by atoms with van der Waals surface area (Å²) in [5.41, 5.74) is 2.40. The molecule has 0 radical (unpaired) electrons. The highest BCUT2D eigenvalue weighted by atomic mass is 32.2. The third kappa shape index (κ3) is 2.80. The minimum absolute atomic E-state index is 1.18. The quantitative estimate of drug-likeness (QED) is 0.606. The van der Waals surface area contributed by atoms with E-state index in [1.54, 1.807) is 11.8 Å². The molecule has 0 spiro atoms. The zero-order chi connectivity index (χ0) is 12.3. The Bertz CT molecular complexity index is 475. The van der Waals surface area contributed by atoms with Gasteiger partial charge in [0.2, 0.25) is 5.69 Å². The van der Waals surface area contributed by atoms with Crippen LogP contribution in [0, 0.1) is 0 Å². The number of hydrogen-bond acceptors (Lipinski definition) is 2. The van der Waals surface area contributed by atoms with Gasteiger partial charge in [0, 0.05) is 48.9 Å². The van der Waals surface area contributed by atoms with E-state index in [1.807, 2.05) is 0 Å². The molecule has 0 amide bonds. The summed E-state index contributed by atoms with van der Waals surface area (Å²) in [6.07, 6.45) is 6.28. The van der Waals surface area contributed by atoms with Gasteiger partial charge >= 0.3 is 0 Å². The molecule has 2 rings (SSSR count). The first kappa shape index (κ1) is 12.0. The number of hydrogen-bond donors (Lipinski definition) is 0. The number of nitrogens with zero attached hydrogens (tertiary/aromatic N) is 2. The maximum Gasteiger partial charge on any atom is 0.210 e. The Hall–Kier alpha value is -1.48. The average Bonchev–Trinajstić information content (AvgIpc) is 2.39. The van der Waals surface area contributed by atoms with E-state index in [9.17, 15) is 0 Å². The fraction of sp³-hybridized carbons (Fsp3) is 0.214. The summed E-state index contributed by atoms with van der Waals surface area (Å²) < 4.78 is 2.12. The van der Waals surface area contributed by atoms with Gasteiger partial charge in [-0.2, -0.15) is 4.57 Å². The van der Waals surface area contributed by atoms with E-state index in [0.29, 0.717) is 0 Å². The van der Waals surface area contributed by atoms with Crippen molar-refractivity contribution in [1.82, 2.24) is 0 Å². The molecular weight excluding hydrogens is 228 g/mol. The summed E-state index contributed by atoms with van der Waals surface area (Å²) in [6, 6.07) is 12.8. The smallest absolute Gasteiger partial charge is 0.210 e. The van der Waals surface area contributed by atoms with Crippen molar-refractivity contribution in [2.45, 2.75) is 4.90 Å². The lowest BCUT2D eigenvalue weighted by atomic mass is 10.2. The zero-order valence-corrected chi connectivity index (χ0v) is 11.2. The standard InChI is InChI=1S/C14H17N2S/c1-15(2)12-4-6-13(7-5-12)16-10-8-14(17-3)9-11-16/h4-11H,1-3H3/q+1. The molecule has 0 atom stereocenters. The van der Waals surface area contributed by atoms with Crippen LogP contribution in [0.25, 0.3) is 5.69 Å². The lowest BCUT2D eigenvalue weighted by Crippen LogP contribution is -2.29. The maximum atomic E-state index is 2.13. The molecule has 17 heavy (non-hydrogen) atoms. The molecule has 0 bridgehead atoms. The van der Waals surface area contributed by atoms with Crippen LogP contribution in [-0.2, 0) is 0 Å². The first-order chi connectivity index (χ1) is 8.20. The van der Waals surface area contributed by atoms with E-state index >= 15 is 0 Å². The van der Waals surface area contributed by atoms with Crippen LogP contribution in [0.2, 0.25) is 0 Å².